The molecular formula is C24H29ClN4O3. The zero-order valence-electron chi connectivity index (χ0n) is 18.3. The van der Waals surface area contributed by atoms with Gasteiger partial charge < -0.3 is 25.2 Å². The van der Waals surface area contributed by atoms with Gasteiger partial charge in [-0.3, -0.25) is 9.59 Å². The molecule has 2 amide bonds. The van der Waals surface area contributed by atoms with Gasteiger partial charge in [0.1, 0.15) is 5.75 Å². The second-order valence-electron chi connectivity index (χ2n) is 8.32. The molecule has 0 bridgehead atoms. The molecule has 2 aliphatic rings. The topological polar surface area (TPSA) is 73.9 Å². The number of ether oxygens (including phenoxy) is 1. The molecule has 0 atom stereocenters. The highest BCUT2D eigenvalue weighted by atomic mass is 35.5. The van der Waals surface area contributed by atoms with E-state index in [1.807, 2.05) is 36.4 Å². The van der Waals surface area contributed by atoms with Crippen LogP contribution in [0.25, 0.3) is 0 Å². The van der Waals surface area contributed by atoms with Crippen molar-refractivity contribution in [2.75, 3.05) is 55.4 Å². The van der Waals surface area contributed by atoms with E-state index < -0.39 is 0 Å². The Kier molecular flexibility index (Phi) is 7.17. The lowest BCUT2D eigenvalue weighted by molar-refractivity contribution is -0.117. The first-order valence-electron chi connectivity index (χ1n) is 11.1. The Morgan fingerprint density at radius 1 is 1.12 bits per heavy atom. The molecule has 0 aliphatic carbocycles. The number of anilines is 3. The van der Waals surface area contributed by atoms with Crippen LogP contribution in [0.2, 0.25) is 5.02 Å². The van der Waals surface area contributed by atoms with Crippen LogP contribution in [-0.2, 0) is 16.0 Å². The standard InChI is InChI=1S/C24H29ClN4O3/c1-28-10-12-29(13-11-28)22-8-5-18(25)16-21(22)27-23(30)3-2-14-32-19-6-7-20-17(15-19)4-9-24(31)26-20/h5-8,15-16H,2-4,9-14H2,1H3,(H,26,31)(H,27,30). The fourth-order valence-corrected chi connectivity index (χ4v) is 4.19. The summed E-state index contributed by atoms with van der Waals surface area (Å²) in [5.41, 5.74) is 3.70. The molecule has 1 fully saturated rings. The number of nitrogens with one attached hydrogen (secondary N) is 2. The number of amides is 2. The van der Waals surface area contributed by atoms with Crippen LogP contribution < -0.4 is 20.3 Å². The number of piperazine rings is 1. The van der Waals surface area contributed by atoms with E-state index in [0.29, 0.717) is 30.9 Å². The molecule has 2 heterocycles. The summed E-state index contributed by atoms with van der Waals surface area (Å²) in [4.78, 5) is 28.6. The number of carbonyl (C=O) groups is 2. The molecule has 2 N–H and O–H groups in total. The van der Waals surface area contributed by atoms with Gasteiger partial charge in [-0.2, -0.15) is 0 Å². The van der Waals surface area contributed by atoms with Gasteiger partial charge >= 0.3 is 0 Å². The molecule has 170 valence electrons. The molecule has 8 heteroatoms. The average Bonchev–Trinajstić information content (AvgIpc) is 2.78. The van der Waals surface area contributed by atoms with E-state index >= 15 is 0 Å². The van der Waals surface area contributed by atoms with E-state index in [4.69, 9.17) is 16.3 Å². The van der Waals surface area contributed by atoms with Gasteiger partial charge in [0, 0.05) is 49.7 Å². The minimum absolute atomic E-state index is 0.0488. The van der Waals surface area contributed by atoms with E-state index in [1.165, 1.54) is 0 Å². The predicted molar refractivity (Wildman–Crippen MR) is 128 cm³/mol. The fourth-order valence-electron chi connectivity index (χ4n) is 4.02. The lowest BCUT2D eigenvalue weighted by atomic mass is 10.0. The van der Waals surface area contributed by atoms with Crippen molar-refractivity contribution in [2.24, 2.45) is 0 Å². The number of likely N-dealkylation sites (N-methyl/N-ethyl adjacent to an activating group) is 1. The summed E-state index contributed by atoms with van der Waals surface area (Å²) in [5.74, 6) is 0.750. The van der Waals surface area contributed by atoms with Crippen molar-refractivity contribution in [2.45, 2.75) is 25.7 Å². The molecule has 2 aromatic carbocycles. The third kappa shape index (κ3) is 5.72. The van der Waals surface area contributed by atoms with E-state index in [9.17, 15) is 9.59 Å². The van der Waals surface area contributed by atoms with Crippen molar-refractivity contribution in [1.29, 1.82) is 0 Å². The van der Waals surface area contributed by atoms with E-state index in [0.717, 1.165) is 61.0 Å². The molecule has 1 saturated heterocycles. The highest BCUT2D eigenvalue weighted by Crippen LogP contribution is 2.30. The highest BCUT2D eigenvalue weighted by molar-refractivity contribution is 6.31. The number of halogens is 1. The Balaban J connectivity index is 1.27. The average molecular weight is 457 g/mol. The SMILES string of the molecule is CN1CCN(c2ccc(Cl)cc2NC(=O)CCCOc2ccc3c(c2)CCC(=O)N3)CC1. The van der Waals surface area contributed by atoms with Gasteiger partial charge in [0.2, 0.25) is 11.8 Å². The largest absolute Gasteiger partial charge is 0.494 e. The van der Waals surface area contributed by atoms with Crippen molar-refractivity contribution in [3.8, 4) is 5.75 Å². The monoisotopic (exact) mass is 456 g/mol. The molecule has 32 heavy (non-hydrogen) atoms. The molecule has 0 saturated carbocycles. The lowest BCUT2D eigenvalue weighted by Crippen LogP contribution is -2.44. The zero-order chi connectivity index (χ0) is 22.5. The molecule has 2 aliphatic heterocycles. The summed E-state index contributed by atoms with van der Waals surface area (Å²) in [6.45, 7) is 4.25. The van der Waals surface area contributed by atoms with Crippen molar-refractivity contribution in [3.05, 3.63) is 47.0 Å². The first kappa shape index (κ1) is 22.4. The minimum Gasteiger partial charge on any atom is -0.494 e. The molecule has 0 spiro atoms. The number of hydrogen-bond acceptors (Lipinski definition) is 5. The van der Waals surface area contributed by atoms with E-state index in [-0.39, 0.29) is 11.8 Å². The molecule has 0 unspecified atom stereocenters. The maximum absolute atomic E-state index is 12.6. The van der Waals surface area contributed by atoms with Gasteiger partial charge in [-0.15, -0.1) is 0 Å². The zero-order valence-corrected chi connectivity index (χ0v) is 19.1. The molecule has 2 aromatic rings. The summed E-state index contributed by atoms with van der Waals surface area (Å²) in [7, 11) is 2.12. The van der Waals surface area contributed by atoms with E-state index in [1.54, 1.807) is 0 Å². The Labute approximate surface area is 193 Å². The Morgan fingerprint density at radius 2 is 1.94 bits per heavy atom. The molecular weight excluding hydrogens is 428 g/mol. The number of nitrogens with zero attached hydrogens (tertiary/aromatic N) is 2. The number of hydrogen-bond donors (Lipinski definition) is 2. The summed E-state index contributed by atoms with van der Waals surface area (Å²) in [6, 6.07) is 11.3. The highest BCUT2D eigenvalue weighted by Gasteiger charge is 2.19. The van der Waals surface area contributed by atoms with Crippen molar-refractivity contribution < 1.29 is 14.3 Å². The van der Waals surface area contributed by atoms with Crippen LogP contribution in [0, 0.1) is 0 Å². The number of benzene rings is 2. The first-order valence-corrected chi connectivity index (χ1v) is 11.4. The van der Waals surface area contributed by atoms with Gasteiger partial charge in [-0.05, 0) is 61.9 Å². The number of carbonyl (C=O) groups excluding carboxylic acids is 2. The van der Waals surface area contributed by atoms with Gasteiger partial charge in [-0.1, -0.05) is 11.6 Å². The number of fused-ring (bicyclic) bond motifs is 1. The van der Waals surface area contributed by atoms with Crippen LogP contribution in [0.3, 0.4) is 0 Å². The Bertz CT molecular complexity index is 989. The van der Waals surface area contributed by atoms with Gasteiger partial charge in [-0.25, -0.2) is 0 Å². The van der Waals surface area contributed by atoms with E-state index in [2.05, 4.69) is 27.5 Å². The molecule has 0 radical (unpaired) electrons. The number of aryl methyl sites for hydroxylation is 1. The third-order valence-corrected chi connectivity index (χ3v) is 6.10. The quantitative estimate of drug-likeness (QED) is 0.620. The molecule has 0 aromatic heterocycles. The molecule has 4 rings (SSSR count). The summed E-state index contributed by atoms with van der Waals surface area (Å²) in [5, 5.41) is 6.50. The van der Waals surface area contributed by atoms with Crippen LogP contribution in [0.5, 0.6) is 5.75 Å². The second-order valence-corrected chi connectivity index (χ2v) is 8.76. The third-order valence-electron chi connectivity index (χ3n) is 5.87. The van der Waals surface area contributed by atoms with Crippen molar-refractivity contribution in [3.63, 3.8) is 0 Å². The normalized spacial score (nSPS) is 16.3. The van der Waals surface area contributed by atoms with Crippen LogP contribution in [0.1, 0.15) is 24.8 Å². The summed E-state index contributed by atoms with van der Waals surface area (Å²) < 4.78 is 5.82. The predicted octanol–water partition coefficient (Wildman–Crippen LogP) is 3.77. The maximum atomic E-state index is 12.6. The first-order chi connectivity index (χ1) is 15.5. The van der Waals surface area contributed by atoms with Crippen molar-refractivity contribution in [1.82, 2.24) is 4.90 Å². The Morgan fingerprint density at radius 3 is 2.75 bits per heavy atom. The van der Waals surface area contributed by atoms with Crippen LogP contribution >= 0.6 is 11.6 Å². The maximum Gasteiger partial charge on any atom is 0.224 e. The minimum atomic E-state index is -0.0561. The summed E-state index contributed by atoms with van der Waals surface area (Å²) in [6.07, 6.45) is 2.17. The van der Waals surface area contributed by atoms with Crippen LogP contribution in [0.4, 0.5) is 17.1 Å². The molecule has 7 nitrogen and oxygen atoms in total. The van der Waals surface area contributed by atoms with Crippen LogP contribution in [-0.4, -0.2) is 56.5 Å². The fraction of sp³-hybridized carbons (Fsp3) is 0.417. The second kappa shape index (κ2) is 10.2. The smallest absolute Gasteiger partial charge is 0.224 e. The van der Waals surface area contributed by atoms with Crippen molar-refractivity contribution >= 4 is 40.5 Å². The van der Waals surface area contributed by atoms with Gasteiger partial charge in [0.25, 0.3) is 0 Å². The summed E-state index contributed by atoms with van der Waals surface area (Å²) >= 11 is 6.19. The lowest BCUT2D eigenvalue weighted by Gasteiger charge is -2.35. The number of rotatable bonds is 7. The van der Waals surface area contributed by atoms with Gasteiger partial charge in [0.05, 0.1) is 18.0 Å². The van der Waals surface area contributed by atoms with Gasteiger partial charge in [0.15, 0.2) is 0 Å². The Hall–Kier alpha value is -2.77. The van der Waals surface area contributed by atoms with Crippen LogP contribution in [0.15, 0.2) is 36.4 Å².